The second-order valence-electron chi connectivity index (χ2n) is 6.81. The van der Waals surface area contributed by atoms with Gasteiger partial charge in [-0.05, 0) is 24.1 Å². The Balaban J connectivity index is 1.72. The number of phenols is 1. The molecule has 0 unspecified atom stereocenters. The molecule has 3 heterocycles. The molecule has 2 N–H and O–H groups in total. The number of thioether (sulfide) groups is 1. The molecule has 1 amide bonds. The van der Waals surface area contributed by atoms with E-state index in [0.717, 1.165) is 17.7 Å². The van der Waals surface area contributed by atoms with Crippen molar-refractivity contribution in [2.75, 3.05) is 5.75 Å². The molecule has 0 spiro atoms. The third kappa shape index (κ3) is 3.60. The van der Waals surface area contributed by atoms with Gasteiger partial charge in [0.1, 0.15) is 23.4 Å². The summed E-state index contributed by atoms with van der Waals surface area (Å²) in [7, 11) is 0. The Bertz CT molecular complexity index is 1200. The lowest BCUT2D eigenvalue weighted by atomic mass is 10.1. The van der Waals surface area contributed by atoms with Crippen molar-refractivity contribution in [1.29, 1.82) is 5.41 Å². The maximum absolute atomic E-state index is 12.7. The number of hydrogen-bond acceptors (Lipinski definition) is 8. The second kappa shape index (κ2) is 7.53. The summed E-state index contributed by atoms with van der Waals surface area (Å²) < 4.78 is 9.73. The predicted molar refractivity (Wildman–Crippen MR) is 116 cm³/mol. The van der Waals surface area contributed by atoms with Crippen LogP contribution < -0.4 is 5.43 Å². The van der Waals surface area contributed by atoms with Crippen LogP contribution in [0.2, 0.25) is 0 Å². The molecule has 148 valence electrons. The van der Waals surface area contributed by atoms with E-state index in [9.17, 15) is 14.7 Å². The molecule has 0 saturated heterocycles. The first kappa shape index (κ1) is 19.5. The van der Waals surface area contributed by atoms with Crippen molar-refractivity contribution in [1.82, 2.24) is 4.90 Å². The van der Waals surface area contributed by atoms with Crippen LogP contribution in [0, 0.1) is 11.3 Å². The Morgan fingerprint density at radius 1 is 1.38 bits per heavy atom. The quantitative estimate of drug-likeness (QED) is 0.567. The number of carbonyl (C=O) groups excluding carboxylic acids is 1. The number of aromatic hydroxyl groups is 1. The SMILES string of the molecule is CC(C)CSC1=NSC2=NC(=O)C(=Cc3coc4cc(O)ccc4c3=O)C(=N)N12. The first-order valence-corrected chi connectivity index (χ1v) is 10.5. The summed E-state index contributed by atoms with van der Waals surface area (Å²) in [5.41, 5.74) is -0.0272. The summed E-state index contributed by atoms with van der Waals surface area (Å²) in [6, 6.07) is 4.18. The molecule has 4 rings (SSSR count). The highest BCUT2D eigenvalue weighted by Crippen LogP contribution is 2.32. The summed E-state index contributed by atoms with van der Waals surface area (Å²) >= 11 is 2.55. The van der Waals surface area contributed by atoms with Gasteiger partial charge >= 0.3 is 0 Å². The van der Waals surface area contributed by atoms with E-state index in [-0.39, 0.29) is 39.1 Å². The Kier molecular flexibility index (Phi) is 5.05. The van der Waals surface area contributed by atoms with Crippen molar-refractivity contribution >= 4 is 62.8 Å². The number of carbonyl (C=O) groups is 1. The number of nitrogens with zero attached hydrogens (tertiary/aromatic N) is 3. The first-order chi connectivity index (χ1) is 13.8. The van der Waals surface area contributed by atoms with E-state index >= 15 is 0 Å². The van der Waals surface area contributed by atoms with Crippen LogP contribution in [-0.4, -0.2) is 37.8 Å². The van der Waals surface area contributed by atoms with Crippen LogP contribution in [0.4, 0.5) is 0 Å². The first-order valence-electron chi connectivity index (χ1n) is 8.71. The number of nitrogens with one attached hydrogen (secondary N) is 1. The third-order valence-electron chi connectivity index (χ3n) is 4.12. The zero-order valence-corrected chi connectivity index (χ0v) is 17.1. The van der Waals surface area contributed by atoms with Gasteiger partial charge in [-0.1, -0.05) is 25.6 Å². The van der Waals surface area contributed by atoms with Gasteiger partial charge in [0.25, 0.3) is 5.91 Å². The fraction of sp³-hybridized carbons (Fsp3) is 0.211. The Morgan fingerprint density at radius 3 is 2.93 bits per heavy atom. The molecule has 0 aliphatic carbocycles. The minimum absolute atomic E-state index is 0.0143. The zero-order valence-electron chi connectivity index (χ0n) is 15.5. The molecule has 2 aromatic rings. The average Bonchev–Trinajstić information content (AvgIpc) is 3.07. The lowest BCUT2D eigenvalue weighted by molar-refractivity contribution is -0.114. The molecule has 0 fully saturated rings. The fourth-order valence-corrected chi connectivity index (χ4v) is 4.52. The molecule has 0 saturated carbocycles. The Morgan fingerprint density at radius 2 is 2.17 bits per heavy atom. The molecule has 0 radical (unpaired) electrons. The minimum atomic E-state index is -0.607. The van der Waals surface area contributed by atoms with E-state index < -0.39 is 5.91 Å². The zero-order chi connectivity index (χ0) is 20.7. The molecule has 8 nitrogen and oxygen atoms in total. The van der Waals surface area contributed by atoms with Gasteiger partial charge in [0.2, 0.25) is 5.17 Å². The maximum atomic E-state index is 12.7. The van der Waals surface area contributed by atoms with Gasteiger partial charge in [-0.3, -0.25) is 15.0 Å². The molecule has 10 heteroatoms. The molecular formula is C19H16N4O4S2. The lowest BCUT2D eigenvalue weighted by Crippen LogP contribution is -2.41. The smallest absolute Gasteiger partial charge is 0.283 e. The number of fused-ring (bicyclic) bond motifs is 2. The maximum Gasteiger partial charge on any atom is 0.283 e. The van der Waals surface area contributed by atoms with Crippen molar-refractivity contribution in [3.8, 4) is 5.75 Å². The molecule has 0 bridgehead atoms. The van der Waals surface area contributed by atoms with Crippen LogP contribution in [-0.2, 0) is 4.79 Å². The summed E-state index contributed by atoms with van der Waals surface area (Å²) in [5.74, 6) is 0.542. The largest absolute Gasteiger partial charge is 0.508 e. The normalized spacial score (nSPS) is 17.9. The number of hydrogen-bond donors (Lipinski definition) is 2. The van der Waals surface area contributed by atoms with E-state index in [0.29, 0.717) is 16.3 Å². The Hall–Kier alpha value is -2.85. The van der Waals surface area contributed by atoms with Gasteiger partial charge in [-0.25, -0.2) is 4.90 Å². The number of benzene rings is 1. The van der Waals surface area contributed by atoms with Crippen LogP contribution >= 0.6 is 23.7 Å². The van der Waals surface area contributed by atoms with Gasteiger partial charge < -0.3 is 9.52 Å². The standard InChI is InChI=1S/C19H16N4O4S2/c1-9(2)8-28-19-22-29-18-21-17(26)13(16(20)23(18)19)5-10-7-27-14-6-11(24)3-4-12(14)15(10)25/h3-7,9,20,24H,8H2,1-2H3. The summed E-state index contributed by atoms with van der Waals surface area (Å²) in [4.78, 5) is 30.8. The highest BCUT2D eigenvalue weighted by atomic mass is 32.2. The topological polar surface area (TPSA) is 119 Å². The van der Waals surface area contributed by atoms with Crippen LogP contribution in [0.3, 0.4) is 0 Å². The fourth-order valence-electron chi connectivity index (χ4n) is 2.72. The average molecular weight is 428 g/mol. The second-order valence-corrected chi connectivity index (χ2v) is 8.53. The molecule has 29 heavy (non-hydrogen) atoms. The van der Waals surface area contributed by atoms with E-state index in [1.807, 2.05) is 0 Å². The van der Waals surface area contributed by atoms with Crippen molar-refractivity contribution in [3.63, 3.8) is 0 Å². The van der Waals surface area contributed by atoms with Gasteiger partial charge in [-0.15, -0.1) is 0 Å². The number of amides is 1. The molecule has 1 aromatic carbocycles. The van der Waals surface area contributed by atoms with Crippen LogP contribution in [0.1, 0.15) is 19.4 Å². The summed E-state index contributed by atoms with van der Waals surface area (Å²) in [6.07, 6.45) is 2.52. The monoisotopic (exact) mass is 428 g/mol. The van der Waals surface area contributed by atoms with Crippen LogP contribution in [0.15, 0.2) is 48.6 Å². The lowest BCUT2D eigenvalue weighted by Gasteiger charge is -2.24. The van der Waals surface area contributed by atoms with Crippen molar-refractivity contribution in [2.24, 2.45) is 15.3 Å². The van der Waals surface area contributed by atoms with Crippen molar-refractivity contribution in [3.05, 3.63) is 45.8 Å². The van der Waals surface area contributed by atoms with E-state index in [1.165, 1.54) is 47.2 Å². The van der Waals surface area contributed by atoms with Gasteiger partial charge in [0.15, 0.2) is 10.6 Å². The summed E-state index contributed by atoms with van der Waals surface area (Å²) in [5, 5.41) is 19.2. The van der Waals surface area contributed by atoms with Crippen LogP contribution in [0.25, 0.3) is 17.0 Å². The van der Waals surface area contributed by atoms with Gasteiger partial charge in [-0.2, -0.15) is 9.39 Å². The van der Waals surface area contributed by atoms with Gasteiger partial charge in [0.05, 0.1) is 28.5 Å². The summed E-state index contributed by atoms with van der Waals surface area (Å²) in [6.45, 7) is 4.17. The molecule has 2 aliphatic heterocycles. The minimum Gasteiger partial charge on any atom is -0.508 e. The number of aliphatic imine (C=N–C) groups is 1. The highest BCUT2D eigenvalue weighted by molar-refractivity contribution is 8.19. The molecule has 0 atom stereocenters. The van der Waals surface area contributed by atoms with Crippen molar-refractivity contribution < 1.29 is 14.3 Å². The van der Waals surface area contributed by atoms with E-state index in [1.54, 1.807) is 0 Å². The van der Waals surface area contributed by atoms with Crippen molar-refractivity contribution in [2.45, 2.75) is 13.8 Å². The Labute approximate surface area is 174 Å². The van der Waals surface area contributed by atoms with E-state index in [2.05, 4.69) is 23.2 Å². The molecule has 1 aromatic heterocycles. The predicted octanol–water partition coefficient (Wildman–Crippen LogP) is 3.46. The molecular weight excluding hydrogens is 412 g/mol. The number of rotatable bonds is 3. The highest BCUT2D eigenvalue weighted by Gasteiger charge is 2.37. The molecule has 2 aliphatic rings. The third-order valence-corrected chi connectivity index (χ3v) is 6.31. The van der Waals surface area contributed by atoms with Gasteiger partial charge in [0, 0.05) is 11.8 Å². The van der Waals surface area contributed by atoms with E-state index in [4.69, 9.17) is 9.83 Å². The number of amidine groups is 3. The van der Waals surface area contributed by atoms with Crippen LogP contribution in [0.5, 0.6) is 5.75 Å². The number of phenolic OH excluding ortho intramolecular Hbond substituents is 1.